The smallest absolute Gasteiger partial charge is 0.341 e. The SMILES string of the molecule is [O]c1nc(-c2ccc(Cl)cc2)ccc1C(=O)O. The highest BCUT2D eigenvalue weighted by molar-refractivity contribution is 6.30. The number of halogens is 1. The van der Waals surface area contributed by atoms with Crippen molar-refractivity contribution in [3.8, 4) is 17.1 Å². The second-order valence-electron chi connectivity index (χ2n) is 3.36. The summed E-state index contributed by atoms with van der Waals surface area (Å²) < 4.78 is 0. The van der Waals surface area contributed by atoms with Gasteiger partial charge in [-0.05, 0) is 24.3 Å². The normalized spacial score (nSPS) is 10.2. The van der Waals surface area contributed by atoms with Crippen LogP contribution in [0.25, 0.3) is 11.3 Å². The van der Waals surface area contributed by atoms with Crippen LogP contribution in [-0.2, 0) is 5.11 Å². The lowest BCUT2D eigenvalue weighted by Crippen LogP contribution is -1.98. The minimum absolute atomic E-state index is 0.331. The zero-order chi connectivity index (χ0) is 12.4. The first-order chi connectivity index (χ1) is 8.08. The topological polar surface area (TPSA) is 70.1 Å². The van der Waals surface area contributed by atoms with Gasteiger partial charge in [-0.2, -0.15) is 0 Å². The third-order valence-electron chi connectivity index (χ3n) is 2.23. The summed E-state index contributed by atoms with van der Waals surface area (Å²) in [5.74, 6) is -2.02. The van der Waals surface area contributed by atoms with Crippen LogP contribution in [0.1, 0.15) is 10.4 Å². The maximum atomic E-state index is 11.4. The summed E-state index contributed by atoms with van der Waals surface area (Å²) in [6.07, 6.45) is 0. The average molecular weight is 249 g/mol. The molecule has 0 bridgehead atoms. The summed E-state index contributed by atoms with van der Waals surface area (Å²) in [5, 5.41) is 20.7. The van der Waals surface area contributed by atoms with E-state index in [9.17, 15) is 9.90 Å². The van der Waals surface area contributed by atoms with Gasteiger partial charge in [0.05, 0.1) is 5.69 Å². The maximum absolute atomic E-state index is 11.4. The van der Waals surface area contributed by atoms with E-state index in [1.807, 2.05) is 0 Å². The first-order valence-electron chi connectivity index (χ1n) is 4.75. The second-order valence-corrected chi connectivity index (χ2v) is 3.80. The van der Waals surface area contributed by atoms with Crippen LogP contribution < -0.4 is 0 Å². The number of nitrogens with zero attached hydrogens (tertiary/aromatic N) is 1. The number of aromatic carboxylic acids is 1. The largest absolute Gasteiger partial charge is 0.477 e. The van der Waals surface area contributed by atoms with Crippen LogP contribution in [0, 0.1) is 0 Å². The molecular weight excluding hydrogens is 242 g/mol. The van der Waals surface area contributed by atoms with Crippen LogP contribution in [0.4, 0.5) is 0 Å². The minimum Gasteiger partial charge on any atom is -0.477 e. The molecule has 0 aliphatic heterocycles. The molecule has 1 radical (unpaired) electrons. The Morgan fingerprint density at radius 1 is 1.12 bits per heavy atom. The van der Waals surface area contributed by atoms with Crippen LogP contribution >= 0.6 is 11.6 Å². The summed E-state index contributed by atoms with van der Waals surface area (Å²) in [6, 6.07) is 9.52. The van der Waals surface area contributed by atoms with Gasteiger partial charge >= 0.3 is 5.97 Å². The lowest BCUT2D eigenvalue weighted by molar-refractivity contribution is 0.0690. The lowest BCUT2D eigenvalue weighted by atomic mass is 10.1. The predicted octanol–water partition coefficient (Wildman–Crippen LogP) is 3.24. The molecule has 17 heavy (non-hydrogen) atoms. The van der Waals surface area contributed by atoms with Gasteiger partial charge in [-0.3, -0.25) is 5.11 Å². The monoisotopic (exact) mass is 248 g/mol. The Bertz CT molecular complexity index is 566. The molecular formula is C12H7ClNO3. The molecule has 0 aliphatic carbocycles. The molecule has 0 saturated carbocycles. The molecule has 0 fully saturated rings. The molecule has 4 nitrogen and oxygen atoms in total. The van der Waals surface area contributed by atoms with Crippen molar-refractivity contribution in [2.24, 2.45) is 0 Å². The zero-order valence-electron chi connectivity index (χ0n) is 8.55. The van der Waals surface area contributed by atoms with Gasteiger partial charge < -0.3 is 5.11 Å². The quantitative estimate of drug-likeness (QED) is 0.887. The van der Waals surface area contributed by atoms with E-state index in [0.29, 0.717) is 16.3 Å². The molecule has 1 N–H and O–H groups in total. The van der Waals surface area contributed by atoms with Gasteiger partial charge in [0.15, 0.2) is 0 Å². The van der Waals surface area contributed by atoms with Gasteiger partial charge in [-0.1, -0.05) is 23.7 Å². The van der Waals surface area contributed by atoms with Crippen LogP contribution in [0.2, 0.25) is 5.02 Å². The third kappa shape index (κ3) is 2.37. The first kappa shape index (κ1) is 11.4. The predicted molar refractivity (Wildman–Crippen MR) is 61.8 cm³/mol. The molecule has 0 atom stereocenters. The standard InChI is InChI=1S/C12H7ClNO3/c13-8-3-1-7(2-4-8)10-6-5-9(12(16)17)11(15)14-10/h1-6H,(H,16,17). The van der Waals surface area contributed by atoms with Crippen molar-refractivity contribution in [3.63, 3.8) is 0 Å². The molecule has 0 amide bonds. The summed E-state index contributed by atoms with van der Waals surface area (Å²) in [7, 11) is 0. The number of aromatic nitrogens is 1. The maximum Gasteiger partial charge on any atom is 0.341 e. The van der Waals surface area contributed by atoms with E-state index in [1.165, 1.54) is 12.1 Å². The number of hydrogen-bond donors (Lipinski definition) is 1. The number of rotatable bonds is 2. The molecule has 0 saturated heterocycles. The molecule has 0 unspecified atom stereocenters. The van der Waals surface area contributed by atoms with Crippen LogP contribution in [0.5, 0.6) is 5.88 Å². The number of pyridine rings is 1. The fourth-order valence-electron chi connectivity index (χ4n) is 1.38. The van der Waals surface area contributed by atoms with Gasteiger partial charge in [-0.25, -0.2) is 9.78 Å². The van der Waals surface area contributed by atoms with E-state index in [0.717, 1.165) is 0 Å². The van der Waals surface area contributed by atoms with Crippen LogP contribution in [0.3, 0.4) is 0 Å². The molecule has 0 spiro atoms. The molecule has 1 heterocycles. The van der Waals surface area contributed by atoms with E-state index >= 15 is 0 Å². The van der Waals surface area contributed by atoms with Crippen molar-refractivity contribution >= 4 is 17.6 Å². The van der Waals surface area contributed by atoms with E-state index in [2.05, 4.69) is 4.98 Å². The van der Waals surface area contributed by atoms with Gasteiger partial charge in [0.2, 0.25) is 0 Å². The number of benzene rings is 1. The highest BCUT2D eigenvalue weighted by Crippen LogP contribution is 2.24. The van der Waals surface area contributed by atoms with Gasteiger partial charge in [0, 0.05) is 10.6 Å². The highest BCUT2D eigenvalue weighted by atomic mass is 35.5. The zero-order valence-corrected chi connectivity index (χ0v) is 9.31. The van der Waals surface area contributed by atoms with E-state index in [4.69, 9.17) is 16.7 Å². The molecule has 1 aromatic carbocycles. The van der Waals surface area contributed by atoms with E-state index in [1.54, 1.807) is 24.3 Å². The van der Waals surface area contributed by atoms with Crippen molar-refractivity contribution in [3.05, 3.63) is 47.0 Å². The minimum atomic E-state index is -1.27. The Kier molecular flexibility index (Phi) is 2.97. The van der Waals surface area contributed by atoms with Gasteiger partial charge in [-0.15, -0.1) is 0 Å². The van der Waals surface area contributed by atoms with Gasteiger partial charge in [0.1, 0.15) is 5.56 Å². The summed E-state index contributed by atoms with van der Waals surface area (Å²) in [5.41, 5.74) is 0.808. The Balaban J connectivity index is 2.44. The summed E-state index contributed by atoms with van der Waals surface area (Å²) >= 11 is 5.74. The number of carboxylic acid groups (broad SMARTS) is 1. The fraction of sp³-hybridized carbons (Fsp3) is 0. The Morgan fingerprint density at radius 2 is 1.76 bits per heavy atom. The third-order valence-corrected chi connectivity index (χ3v) is 2.48. The van der Waals surface area contributed by atoms with E-state index < -0.39 is 11.8 Å². The Labute approximate surface area is 102 Å². The second kappa shape index (κ2) is 4.43. The Morgan fingerprint density at radius 3 is 2.29 bits per heavy atom. The van der Waals surface area contributed by atoms with Gasteiger partial charge in [0.25, 0.3) is 5.88 Å². The highest BCUT2D eigenvalue weighted by Gasteiger charge is 2.13. The number of carboxylic acids is 1. The molecule has 0 aliphatic rings. The van der Waals surface area contributed by atoms with Crippen molar-refractivity contribution in [1.82, 2.24) is 4.98 Å². The lowest BCUT2D eigenvalue weighted by Gasteiger charge is -2.02. The Hall–Kier alpha value is -2.07. The van der Waals surface area contributed by atoms with Crippen molar-refractivity contribution in [2.75, 3.05) is 0 Å². The van der Waals surface area contributed by atoms with Crippen molar-refractivity contribution in [1.29, 1.82) is 0 Å². The van der Waals surface area contributed by atoms with E-state index in [-0.39, 0.29) is 5.56 Å². The van der Waals surface area contributed by atoms with Crippen LogP contribution in [-0.4, -0.2) is 16.1 Å². The number of carbonyl (C=O) groups is 1. The fourth-order valence-corrected chi connectivity index (χ4v) is 1.51. The van der Waals surface area contributed by atoms with Crippen molar-refractivity contribution < 1.29 is 15.0 Å². The number of hydrogen-bond acceptors (Lipinski definition) is 2. The molecule has 2 aromatic rings. The molecule has 1 aromatic heterocycles. The molecule has 2 rings (SSSR count). The van der Waals surface area contributed by atoms with Crippen molar-refractivity contribution in [2.45, 2.75) is 0 Å². The van der Waals surface area contributed by atoms with Crippen LogP contribution in [0.15, 0.2) is 36.4 Å². The first-order valence-corrected chi connectivity index (χ1v) is 5.13. The molecule has 85 valence electrons. The summed E-state index contributed by atoms with van der Waals surface area (Å²) in [4.78, 5) is 14.4. The molecule has 5 heteroatoms. The average Bonchev–Trinajstić information content (AvgIpc) is 2.29. The summed E-state index contributed by atoms with van der Waals surface area (Å²) in [6.45, 7) is 0.